The Morgan fingerprint density at radius 3 is 2.45 bits per heavy atom. The van der Waals surface area contributed by atoms with Crippen LogP contribution in [0.5, 0.6) is 5.88 Å². The minimum atomic E-state index is -4.03. The third-order valence-corrected chi connectivity index (χ3v) is 8.15. The number of nitrogen functional groups attached to an aromatic ring is 1. The number of nitrogens with zero attached hydrogens (tertiary/aromatic N) is 5. The molecular formula is C30H25N7O4S. The number of rotatable bonds is 7. The number of benzene rings is 3. The van der Waals surface area contributed by atoms with Gasteiger partial charge >= 0.3 is 0 Å². The average molecular weight is 580 g/mol. The first-order chi connectivity index (χ1) is 20.2. The minimum absolute atomic E-state index is 0.0597. The molecule has 0 unspecified atom stereocenters. The summed E-state index contributed by atoms with van der Waals surface area (Å²) in [5, 5.41) is 4.50. The van der Waals surface area contributed by atoms with E-state index in [0.717, 1.165) is 5.69 Å². The predicted molar refractivity (Wildman–Crippen MR) is 161 cm³/mol. The van der Waals surface area contributed by atoms with E-state index >= 15 is 0 Å². The van der Waals surface area contributed by atoms with Crippen molar-refractivity contribution in [1.82, 2.24) is 24.3 Å². The predicted octanol–water partition coefficient (Wildman–Crippen LogP) is 4.24. The number of nitrogens with one attached hydrogen (secondary N) is 1. The number of fused-ring (bicyclic) bond motifs is 1. The maximum atomic E-state index is 13.5. The molecule has 0 spiro atoms. The Labute approximate surface area is 240 Å². The fraction of sp³-hybridized carbons (Fsp3) is 0.0667. The van der Waals surface area contributed by atoms with Gasteiger partial charge in [-0.25, -0.2) is 23.0 Å². The molecule has 0 atom stereocenters. The smallest absolute Gasteiger partial charge is 0.267 e. The van der Waals surface area contributed by atoms with Crippen molar-refractivity contribution in [1.29, 1.82) is 0 Å². The van der Waals surface area contributed by atoms with Crippen molar-refractivity contribution in [2.75, 3.05) is 17.6 Å². The second kappa shape index (κ2) is 10.5. The van der Waals surface area contributed by atoms with E-state index < -0.39 is 10.0 Å². The Balaban J connectivity index is 1.39. The van der Waals surface area contributed by atoms with E-state index in [9.17, 15) is 13.2 Å². The molecule has 6 aromatic rings. The second-order valence-corrected chi connectivity index (χ2v) is 11.1. The lowest BCUT2D eigenvalue weighted by molar-refractivity contribution is 0.400. The van der Waals surface area contributed by atoms with Crippen molar-refractivity contribution in [2.45, 2.75) is 4.90 Å². The summed E-state index contributed by atoms with van der Waals surface area (Å²) in [7, 11) is -0.844. The van der Waals surface area contributed by atoms with Crippen LogP contribution < -0.4 is 20.8 Å². The van der Waals surface area contributed by atoms with Gasteiger partial charge in [0.1, 0.15) is 5.69 Å². The third-order valence-electron chi connectivity index (χ3n) is 6.79. The van der Waals surface area contributed by atoms with Gasteiger partial charge in [0.25, 0.3) is 15.6 Å². The molecule has 0 radical (unpaired) electrons. The lowest BCUT2D eigenvalue weighted by atomic mass is 10.0. The molecule has 3 aromatic heterocycles. The van der Waals surface area contributed by atoms with Crippen LogP contribution in [-0.4, -0.2) is 39.8 Å². The van der Waals surface area contributed by atoms with Gasteiger partial charge in [-0.3, -0.25) is 14.2 Å². The number of aryl methyl sites for hydroxylation is 1. The zero-order valence-electron chi connectivity index (χ0n) is 22.6. The molecule has 3 heterocycles. The highest BCUT2D eigenvalue weighted by atomic mass is 32.2. The van der Waals surface area contributed by atoms with Gasteiger partial charge in [-0.15, -0.1) is 0 Å². The average Bonchev–Trinajstić information content (AvgIpc) is 3.43. The first-order valence-electron chi connectivity index (χ1n) is 12.8. The lowest BCUT2D eigenvalue weighted by Crippen LogP contribution is -2.23. The number of sulfonamides is 1. The largest absolute Gasteiger partial charge is 0.480 e. The summed E-state index contributed by atoms with van der Waals surface area (Å²) in [4.78, 5) is 22.3. The van der Waals surface area contributed by atoms with Gasteiger partial charge in [-0.2, -0.15) is 5.10 Å². The SMILES string of the molecule is COc1ncc(-c2ccc3nc(N)n(-c4ccccc4)c(=O)c3c2)cc1NS(=O)(=O)c1cccc(-c2ccnn2C)c1. The molecule has 0 bridgehead atoms. The summed E-state index contributed by atoms with van der Waals surface area (Å²) in [6.45, 7) is 0. The molecular weight excluding hydrogens is 554 g/mol. The summed E-state index contributed by atoms with van der Waals surface area (Å²) in [5.74, 6) is 0.161. The number of para-hydroxylation sites is 1. The molecule has 11 nitrogen and oxygen atoms in total. The van der Waals surface area contributed by atoms with Crippen LogP contribution in [0.2, 0.25) is 0 Å². The van der Waals surface area contributed by atoms with Crippen LogP contribution in [0.3, 0.4) is 0 Å². The van der Waals surface area contributed by atoms with Crippen molar-refractivity contribution in [3.63, 3.8) is 0 Å². The Hall–Kier alpha value is -5.49. The Kier molecular flexibility index (Phi) is 6.67. The Morgan fingerprint density at radius 2 is 1.71 bits per heavy atom. The monoisotopic (exact) mass is 579 g/mol. The summed E-state index contributed by atoms with van der Waals surface area (Å²) in [5.41, 5.74) is 9.61. The summed E-state index contributed by atoms with van der Waals surface area (Å²) >= 11 is 0. The number of hydrogen-bond donors (Lipinski definition) is 2. The number of pyridine rings is 1. The standard InChI is InChI=1S/C30H25N7O4S/c1-36-27(13-14-33-36)20-7-6-10-23(15-20)42(39,40)35-26-17-21(18-32-28(26)41-2)19-11-12-25-24(16-19)29(38)37(30(31)34-25)22-8-4-3-5-9-22/h3-18,35H,1-2H3,(H2,31,34). The molecule has 12 heteroatoms. The zero-order chi connectivity index (χ0) is 29.4. The molecule has 0 aliphatic rings. The zero-order valence-corrected chi connectivity index (χ0v) is 23.4. The Morgan fingerprint density at radius 1 is 0.905 bits per heavy atom. The molecule has 0 aliphatic carbocycles. The van der Waals surface area contributed by atoms with E-state index in [2.05, 4.69) is 19.8 Å². The number of methoxy groups -OCH3 is 1. The van der Waals surface area contributed by atoms with Gasteiger partial charge in [-0.1, -0.05) is 36.4 Å². The van der Waals surface area contributed by atoms with Gasteiger partial charge in [0.15, 0.2) is 0 Å². The molecule has 3 aromatic carbocycles. The summed E-state index contributed by atoms with van der Waals surface area (Å²) < 4.78 is 37.9. The summed E-state index contributed by atoms with van der Waals surface area (Å²) in [6.07, 6.45) is 3.19. The molecule has 210 valence electrons. The molecule has 6 rings (SSSR count). The van der Waals surface area contributed by atoms with Crippen LogP contribution in [0.1, 0.15) is 0 Å². The fourth-order valence-corrected chi connectivity index (χ4v) is 5.83. The fourth-order valence-electron chi connectivity index (χ4n) is 4.74. The number of anilines is 2. The van der Waals surface area contributed by atoms with Gasteiger partial charge < -0.3 is 10.5 Å². The van der Waals surface area contributed by atoms with E-state index in [1.165, 1.54) is 17.7 Å². The molecule has 0 saturated heterocycles. The van der Waals surface area contributed by atoms with Crippen LogP contribution in [0.25, 0.3) is 39.0 Å². The van der Waals surface area contributed by atoms with Crippen LogP contribution >= 0.6 is 0 Å². The normalized spacial score (nSPS) is 11.5. The quantitative estimate of drug-likeness (QED) is 0.286. The van der Waals surface area contributed by atoms with E-state index in [1.807, 2.05) is 24.3 Å². The lowest BCUT2D eigenvalue weighted by Gasteiger charge is -2.14. The summed E-state index contributed by atoms with van der Waals surface area (Å²) in [6, 6.07) is 24.1. The number of hydrogen-bond acceptors (Lipinski definition) is 8. The topological polar surface area (TPSA) is 147 Å². The maximum absolute atomic E-state index is 13.5. The van der Waals surface area contributed by atoms with Crippen LogP contribution in [0, 0.1) is 0 Å². The maximum Gasteiger partial charge on any atom is 0.267 e. The van der Waals surface area contributed by atoms with E-state index in [0.29, 0.717) is 33.3 Å². The van der Waals surface area contributed by atoms with Crippen molar-refractivity contribution >= 4 is 32.6 Å². The van der Waals surface area contributed by atoms with Gasteiger partial charge in [0.05, 0.1) is 34.3 Å². The number of aromatic nitrogens is 5. The van der Waals surface area contributed by atoms with E-state index in [1.54, 1.807) is 78.7 Å². The first-order valence-corrected chi connectivity index (χ1v) is 14.3. The molecule has 3 N–H and O–H groups in total. The van der Waals surface area contributed by atoms with Crippen molar-refractivity contribution in [3.8, 4) is 34.0 Å². The number of ether oxygens (including phenoxy) is 1. The molecule has 0 amide bonds. The number of nitrogens with two attached hydrogens (primary N) is 1. The first kappa shape index (κ1) is 26.7. The molecule has 0 saturated carbocycles. The molecule has 0 fully saturated rings. The third kappa shape index (κ3) is 4.84. The van der Waals surface area contributed by atoms with E-state index in [4.69, 9.17) is 10.5 Å². The minimum Gasteiger partial charge on any atom is -0.480 e. The van der Waals surface area contributed by atoms with E-state index in [-0.39, 0.29) is 28.0 Å². The highest BCUT2D eigenvalue weighted by Crippen LogP contribution is 2.32. The van der Waals surface area contributed by atoms with Gasteiger partial charge in [-0.05, 0) is 54.1 Å². The highest BCUT2D eigenvalue weighted by molar-refractivity contribution is 7.92. The van der Waals surface area contributed by atoms with Gasteiger partial charge in [0, 0.05) is 30.6 Å². The van der Waals surface area contributed by atoms with Crippen LogP contribution in [0.15, 0.2) is 107 Å². The van der Waals surface area contributed by atoms with Crippen molar-refractivity contribution in [3.05, 3.63) is 108 Å². The van der Waals surface area contributed by atoms with Crippen molar-refractivity contribution in [2.24, 2.45) is 7.05 Å². The Bertz CT molecular complexity index is 2120. The second-order valence-electron chi connectivity index (χ2n) is 9.43. The highest BCUT2D eigenvalue weighted by Gasteiger charge is 2.20. The van der Waals surface area contributed by atoms with Gasteiger partial charge in [0.2, 0.25) is 11.8 Å². The molecule has 0 aliphatic heterocycles. The van der Waals surface area contributed by atoms with Crippen LogP contribution in [-0.2, 0) is 17.1 Å². The van der Waals surface area contributed by atoms with Crippen LogP contribution in [0.4, 0.5) is 11.6 Å². The van der Waals surface area contributed by atoms with Crippen molar-refractivity contribution < 1.29 is 13.2 Å². The molecule has 42 heavy (non-hydrogen) atoms.